The molecule has 0 fully saturated rings. The van der Waals surface area contributed by atoms with Crippen molar-refractivity contribution in [3.8, 4) is 5.75 Å². The number of nitrogens with zero attached hydrogens (tertiary/aromatic N) is 3. The van der Waals surface area contributed by atoms with Crippen molar-refractivity contribution in [2.75, 3.05) is 12.4 Å². The van der Waals surface area contributed by atoms with Gasteiger partial charge in [0.15, 0.2) is 5.52 Å². The number of fused-ring (bicyclic) bond motifs is 1. The Kier molecular flexibility index (Phi) is 6.08. The van der Waals surface area contributed by atoms with Crippen LogP contribution < -0.4 is 21.3 Å². The van der Waals surface area contributed by atoms with Crippen molar-refractivity contribution in [2.24, 2.45) is 0 Å². The van der Waals surface area contributed by atoms with Gasteiger partial charge in [-0.2, -0.15) is 0 Å². The van der Waals surface area contributed by atoms with Gasteiger partial charge in [0.2, 0.25) is 5.91 Å². The maximum Gasteiger partial charge on any atom is 0.332 e. The fraction of sp³-hybridized carbons (Fsp3) is 0.200. The highest BCUT2D eigenvalue weighted by Gasteiger charge is 2.17. The van der Waals surface area contributed by atoms with Gasteiger partial charge >= 0.3 is 5.69 Å². The van der Waals surface area contributed by atoms with E-state index in [4.69, 9.17) is 4.74 Å². The normalized spacial score (nSPS) is 10.9. The summed E-state index contributed by atoms with van der Waals surface area (Å²) in [6.07, 6.45) is 1.49. The molecule has 2 aromatic carbocycles. The Morgan fingerprint density at radius 2 is 1.76 bits per heavy atom. The summed E-state index contributed by atoms with van der Waals surface area (Å²) in [5.74, 6) is 0.303. The molecule has 0 bridgehead atoms. The first-order valence-electron chi connectivity index (χ1n) is 10.5. The minimum atomic E-state index is -0.576. The zero-order valence-electron chi connectivity index (χ0n) is 18.7. The molecular formula is C25H24N4O4. The van der Waals surface area contributed by atoms with Gasteiger partial charge in [-0.1, -0.05) is 24.3 Å². The largest absolute Gasteiger partial charge is 0.497 e. The lowest BCUT2D eigenvalue weighted by atomic mass is 10.1. The molecule has 0 spiro atoms. The van der Waals surface area contributed by atoms with Crippen molar-refractivity contribution in [2.45, 2.75) is 26.9 Å². The van der Waals surface area contributed by atoms with Crippen LogP contribution in [0, 0.1) is 13.8 Å². The number of hydrogen-bond acceptors (Lipinski definition) is 5. The first-order chi connectivity index (χ1) is 15.9. The van der Waals surface area contributed by atoms with Crippen molar-refractivity contribution < 1.29 is 9.53 Å². The number of amides is 1. The predicted molar refractivity (Wildman–Crippen MR) is 127 cm³/mol. The number of pyridine rings is 1. The van der Waals surface area contributed by atoms with Crippen LogP contribution in [0.25, 0.3) is 11.0 Å². The van der Waals surface area contributed by atoms with Gasteiger partial charge in [0.05, 0.1) is 19.2 Å². The lowest BCUT2D eigenvalue weighted by Gasteiger charge is -2.15. The Labute approximate surface area is 190 Å². The van der Waals surface area contributed by atoms with Crippen molar-refractivity contribution >= 4 is 22.6 Å². The van der Waals surface area contributed by atoms with E-state index in [0.29, 0.717) is 17.0 Å². The van der Waals surface area contributed by atoms with Gasteiger partial charge in [-0.3, -0.25) is 18.7 Å². The highest BCUT2D eigenvalue weighted by Crippen LogP contribution is 2.18. The van der Waals surface area contributed by atoms with E-state index in [9.17, 15) is 14.4 Å². The Balaban J connectivity index is 1.74. The van der Waals surface area contributed by atoms with Crippen LogP contribution >= 0.6 is 0 Å². The molecule has 0 atom stereocenters. The molecular weight excluding hydrogens is 420 g/mol. The number of rotatable bonds is 6. The average molecular weight is 444 g/mol. The summed E-state index contributed by atoms with van der Waals surface area (Å²) < 4.78 is 7.55. The number of benzene rings is 2. The van der Waals surface area contributed by atoms with Crippen LogP contribution in [-0.4, -0.2) is 27.1 Å². The fourth-order valence-electron chi connectivity index (χ4n) is 3.67. The quantitative estimate of drug-likeness (QED) is 0.493. The number of hydrogen-bond donors (Lipinski definition) is 1. The van der Waals surface area contributed by atoms with Crippen LogP contribution in [0.4, 0.5) is 5.69 Å². The van der Waals surface area contributed by atoms with Crippen LogP contribution in [0.5, 0.6) is 5.75 Å². The fourth-order valence-corrected chi connectivity index (χ4v) is 3.67. The van der Waals surface area contributed by atoms with Crippen molar-refractivity contribution in [1.29, 1.82) is 0 Å². The molecule has 0 saturated heterocycles. The molecule has 168 valence electrons. The summed E-state index contributed by atoms with van der Waals surface area (Å²) in [6, 6.07) is 16.0. The van der Waals surface area contributed by atoms with Gasteiger partial charge in [0.25, 0.3) is 5.56 Å². The van der Waals surface area contributed by atoms with E-state index in [-0.39, 0.29) is 24.5 Å². The second kappa shape index (κ2) is 9.12. The first kappa shape index (κ1) is 22.0. The van der Waals surface area contributed by atoms with Gasteiger partial charge < -0.3 is 10.1 Å². The lowest BCUT2D eigenvalue weighted by Crippen LogP contribution is -2.42. The van der Waals surface area contributed by atoms with Crippen LogP contribution in [0.2, 0.25) is 0 Å². The summed E-state index contributed by atoms with van der Waals surface area (Å²) in [6.45, 7) is 3.68. The number of methoxy groups -OCH3 is 1. The minimum absolute atomic E-state index is 0.0484. The lowest BCUT2D eigenvalue weighted by molar-refractivity contribution is -0.116. The molecule has 1 amide bonds. The van der Waals surface area contributed by atoms with E-state index >= 15 is 0 Å². The molecule has 0 saturated carbocycles. The first-order valence-corrected chi connectivity index (χ1v) is 10.5. The summed E-state index contributed by atoms with van der Waals surface area (Å²) >= 11 is 0. The van der Waals surface area contributed by atoms with E-state index in [1.54, 1.807) is 43.5 Å². The topological polar surface area (TPSA) is 95.2 Å². The number of ether oxygens (including phenoxy) is 1. The average Bonchev–Trinajstić information content (AvgIpc) is 2.83. The highest BCUT2D eigenvalue weighted by molar-refractivity contribution is 5.92. The Bertz CT molecular complexity index is 1450. The molecule has 2 heterocycles. The number of aryl methyl sites for hydroxylation is 1. The smallest absolute Gasteiger partial charge is 0.332 e. The second-order valence-corrected chi connectivity index (χ2v) is 7.77. The van der Waals surface area contributed by atoms with Gasteiger partial charge in [-0.25, -0.2) is 9.78 Å². The highest BCUT2D eigenvalue weighted by atomic mass is 16.5. The molecule has 0 unspecified atom stereocenters. The Morgan fingerprint density at radius 3 is 2.48 bits per heavy atom. The number of aromatic nitrogens is 3. The summed E-state index contributed by atoms with van der Waals surface area (Å²) in [5, 5.41) is 2.87. The number of carbonyl (C=O) groups excluding carboxylic acids is 1. The monoisotopic (exact) mass is 444 g/mol. The van der Waals surface area contributed by atoms with E-state index in [0.717, 1.165) is 21.3 Å². The third-order valence-corrected chi connectivity index (χ3v) is 5.67. The van der Waals surface area contributed by atoms with E-state index in [2.05, 4.69) is 10.3 Å². The number of nitrogens with one attached hydrogen (secondary N) is 1. The van der Waals surface area contributed by atoms with E-state index < -0.39 is 11.2 Å². The van der Waals surface area contributed by atoms with Gasteiger partial charge in [0.1, 0.15) is 12.3 Å². The van der Waals surface area contributed by atoms with E-state index in [1.807, 2.05) is 32.0 Å². The molecule has 4 aromatic rings. The van der Waals surface area contributed by atoms with Gasteiger partial charge in [0, 0.05) is 11.9 Å². The van der Waals surface area contributed by atoms with Crippen molar-refractivity contribution in [3.05, 3.63) is 98.3 Å². The molecule has 2 aromatic heterocycles. The predicted octanol–water partition coefficient (Wildman–Crippen LogP) is 2.87. The Morgan fingerprint density at radius 1 is 1.00 bits per heavy atom. The zero-order chi connectivity index (χ0) is 23.5. The molecule has 33 heavy (non-hydrogen) atoms. The molecule has 0 radical (unpaired) electrons. The minimum Gasteiger partial charge on any atom is -0.497 e. The summed E-state index contributed by atoms with van der Waals surface area (Å²) in [7, 11) is 1.57. The molecule has 8 nitrogen and oxygen atoms in total. The van der Waals surface area contributed by atoms with Crippen molar-refractivity contribution in [1.82, 2.24) is 14.1 Å². The maximum atomic E-state index is 13.3. The molecule has 1 N–H and O–H groups in total. The van der Waals surface area contributed by atoms with Crippen LogP contribution in [0.3, 0.4) is 0 Å². The third-order valence-electron chi connectivity index (χ3n) is 5.67. The summed E-state index contributed by atoms with van der Waals surface area (Å²) in [5.41, 5.74) is 2.80. The van der Waals surface area contributed by atoms with Gasteiger partial charge in [-0.15, -0.1) is 0 Å². The van der Waals surface area contributed by atoms with Crippen molar-refractivity contribution in [3.63, 3.8) is 0 Å². The summed E-state index contributed by atoms with van der Waals surface area (Å²) in [4.78, 5) is 43.4. The molecule has 8 heteroatoms. The molecule has 4 rings (SSSR count). The van der Waals surface area contributed by atoms with E-state index in [1.165, 1.54) is 10.8 Å². The standard InChI is InChI=1S/C25H24N4O4/c1-16-6-4-7-20(17(16)2)27-22(30)15-28-21-8-5-13-26-23(21)24(31)29(25(28)32)14-18-9-11-19(33-3)12-10-18/h4-13H,14-15H2,1-3H3,(H,27,30). The maximum absolute atomic E-state index is 13.3. The third kappa shape index (κ3) is 4.41. The number of carbonyl (C=O) groups is 1. The Hall–Kier alpha value is -4.20. The van der Waals surface area contributed by atoms with Gasteiger partial charge in [-0.05, 0) is 60.9 Å². The molecule has 0 aliphatic carbocycles. The number of anilines is 1. The van der Waals surface area contributed by atoms with Crippen LogP contribution in [0.15, 0.2) is 70.4 Å². The molecule has 0 aliphatic heterocycles. The van der Waals surface area contributed by atoms with Crippen LogP contribution in [-0.2, 0) is 17.9 Å². The molecule has 0 aliphatic rings. The SMILES string of the molecule is COc1ccc(Cn2c(=O)c3ncccc3n(CC(=O)Nc3cccc(C)c3C)c2=O)cc1. The second-order valence-electron chi connectivity index (χ2n) is 7.77. The zero-order valence-corrected chi connectivity index (χ0v) is 18.7. The van der Waals surface area contributed by atoms with Crippen LogP contribution in [0.1, 0.15) is 16.7 Å².